The van der Waals surface area contributed by atoms with E-state index in [1.54, 1.807) is 0 Å². The molecular formula is C7H10N2O3. The highest BCUT2D eigenvalue weighted by Gasteiger charge is 2.11. The van der Waals surface area contributed by atoms with Crippen molar-refractivity contribution in [2.75, 3.05) is 0 Å². The standard InChI is InChI=1S/C7H10N2O3/c1-4(2)7-9-8-5(12-7)3-6(10)11/h4H,3H2,1-2H3,(H,10,11). The maximum Gasteiger partial charge on any atom is 0.312 e. The van der Waals surface area contributed by atoms with E-state index < -0.39 is 5.97 Å². The number of aliphatic carboxylic acids is 1. The average Bonchev–Trinajstić information content (AvgIpc) is 2.34. The van der Waals surface area contributed by atoms with Gasteiger partial charge in [0.2, 0.25) is 11.8 Å². The molecule has 0 aliphatic carbocycles. The molecule has 0 saturated carbocycles. The molecule has 0 fully saturated rings. The lowest BCUT2D eigenvalue weighted by atomic mass is 10.2. The van der Waals surface area contributed by atoms with Gasteiger partial charge in [-0.1, -0.05) is 13.8 Å². The lowest BCUT2D eigenvalue weighted by Crippen LogP contribution is -1.99. The molecule has 5 heteroatoms. The van der Waals surface area contributed by atoms with Crippen molar-refractivity contribution in [1.82, 2.24) is 10.2 Å². The number of carbonyl (C=O) groups is 1. The van der Waals surface area contributed by atoms with Crippen LogP contribution in [0.15, 0.2) is 4.42 Å². The molecule has 0 atom stereocenters. The van der Waals surface area contributed by atoms with Crippen molar-refractivity contribution in [3.05, 3.63) is 11.8 Å². The van der Waals surface area contributed by atoms with E-state index in [1.807, 2.05) is 13.8 Å². The normalized spacial score (nSPS) is 10.6. The minimum atomic E-state index is -0.964. The number of nitrogens with zero attached hydrogens (tertiary/aromatic N) is 2. The van der Waals surface area contributed by atoms with Crippen LogP contribution in [0.5, 0.6) is 0 Å². The molecule has 12 heavy (non-hydrogen) atoms. The highest BCUT2D eigenvalue weighted by molar-refractivity contribution is 5.68. The maximum absolute atomic E-state index is 10.2. The zero-order chi connectivity index (χ0) is 9.14. The molecule has 1 heterocycles. The fourth-order valence-corrected chi connectivity index (χ4v) is 0.701. The van der Waals surface area contributed by atoms with Crippen molar-refractivity contribution in [1.29, 1.82) is 0 Å². The summed E-state index contributed by atoms with van der Waals surface area (Å²) in [4.78, 5) is 10.2. The number of carboxylic acids is 1. The van der Waals surface area contributed by atoms with Crippen molar-refractivity contribution in [3.8, 4) is 0 Å². The Morgan fingerprint density at radius 2 is 2.25 bits per heavy atom. The van der Waals surface area contributed by atoms with Crippen LogP contribution in [0.25, 0.3) is 0 Å². The highest BCUT2D eigenvalue weighted by Crippen LogP contribution is 2.11. The zero-order valence-corrected chi connectivity index (χ0v) is 6.94. The van der Waals surface area contributed by atoms with Crippen LogP contribution < -0.4 is 0 Å². The van der Waals surface area contributed by atoms with Gasteiger partial charge < -0.3 is 9.52 Å². The SMILES string of the molecule is CC(C)c1nnc(CC(=O)O)o1. The number of aromatic nitrogens is 2. The monoisotopic (exact) mass is 170 g/mol. The molecule has 0 radical (unpaired) electrons. The minimum Gasteiger partial charge on any atom is -0.481 e. The van der Waals surface area contributed by atoms with Crippen LogP contribution in [0, 0.1) is 0 Å². The second-order valence-corrected chi connectivity index (χ2v) is 2.76. The van der Waals surface area contributed by atoms with Crippen LogP contribution in [-0.2, 0) is 11.2 Å². The van der Waals surface area contributed by atoms with Gasteiger partial charge in [0.1, 0.15) is 6.42 Å². The molecule has 5 nitrogen and oxygen atoms in total. The maximum atomic E-state index is 10.2. The number of rotatable bonds is 3. The number of hydrogen-bond donors (Lipinski definition) is 1. The third-order valence-electron chi connectivity index (χ3n) is 1.28. The van der Waals surface area contributed by atoms with Gasteiger partial charge in [0.05, 0.1) is 0 Å². The van der Waals surface area contributed by atoms with Gasteiger partial charge in [0.15, 0.2) is 0 Å². The Labute approximate surface area is 69.4 Å². The predicted octanol–water partition coefficient (Wildman–Crippen LogP) is 0.820. The first-order valence-corrected chi connectivity index (χ1v) is 3.63. The lowest BCUT2D eigenvalue weighted by Gasteiger charge is -1.93. The molecule has 0 unspecified atom stereocenters. The van der Waals surface area contributed by atoms with Crippen LogP contribution in [0.2, 0.25) is 0 Å². The highest BCUT2D eigenvalue weighted by atomic mass is 16.4. The van der Waals surface area contributed by atoms with E-state index in [4.69, 9.17) is 9.52 Å². The van der Waals surface area contributed by atoms with Gasteiger partial charge >= 0.3 is 5.97 Å². The average molecular weight is 170 g/mol. The summed E-state index contributed by atoms with van der Waals surface area (Å²) < 4.78 is 5.05. The van der Waals surface area contributed by atoms with Crippen molar-refractivity contribution in [2.24, 2.45) is 0 Å². The topological polar surface area (TPSA) is 76.2 Å². The molecule has 0 aliphatic rings. The third-order valence-corrected chi connectivity index (χ3v) is 1.28. The van der Waals surface area contributed by atoms with E-state index >= 15 is 0 Å². The molecular weight excluding hydrogens is 160 g/mol. The minimum absolute atomic E-state index is 0.139. The van der Waals surface area contributed by atoms with Crippen molar-refractivity contribution in [3.63, 3.8) is 0 Å². The summed E-state index contributed by atoms with van der Waals surface area (Å²) in [6.07, 6.45) is -0.209. The molecule has 0 aromatic carbocycles. The predicted molar refractivity (Wildman–Crippen MR) is 39.7 cm³/mol. The van der Waals surface area contributed by atoms with Crippen LogP contribution in [0.4, 0.5) is 0 Å². The summed E-state index contributed by atoms with van der Waals surface area (Å²) in [5, 5.41) is 15.7. The molecule has 0 amide bonds. The third kappa shape index (κ3) is 2.05. The van der Waals surface area contributed by atoms with Gasteiger partial charge in [-0.25, -0.2) is 0 Å². The fourth-order valence-electron chi connectivity index (χ4n) is 0.701. The molecule has 0 aliphatic heterocycles. The van der Waals surface area contributed by atoms with E-state index in [1.165, 1.54) is 0 Å². The summed E-state index contributed by atoms with van der Waals surface area (Å²) in [6.45, 7) is 3.80. The molecule has 0 saturated heterocycles. The molecule has 1 aromatic heterocycles. The number of carboxylic acid groups (broad SMARTS) is 1. The first kappa shape index (κ1) is 8.70. The van der Waals surface area contributed by atoms with E-state index in [0.29, 0.717) is 5.89 Å². The van der Waals surface area contributed by atoms with Gasteiger partial charge in [-0.2, -0.15) is 0 Å². The van der Waals surface area contributed by atoms with Crippen molar-refractivity contribution < 1.29 is 14.3 Å². The largest absolute Gasteiger partial charge is 0.481 e. The second kappa shape index (κ2) is 3.34. The Kier molecular flexibility index (Phi) is 2.42. The second-order valence-electron chi connectivity index (χ2n) is 2.76. The van der Waals surface area contributed by atoms with Gasteiger partial charge in [0, 0.05) is 5.92 Å². The van der Waals surface area contributed by atoms with E-state index in [-0.39, 0.29) is 18.2 Å². The molecule has 66 valence electrons. The molecule has 1 aromatic rings. The Morgan fingerprint density at radius 3 is 2.67 bits per heavy atom. The van der Waals surface area contributed by atoms with Gasteiger partial charge in [-0.15, -0.1) is 10.2 Å². The van der Waals surface area contributed by atoms with Crippen molar-refractivity contribution in [2.45, 2.75) is 26.2 Å². The van der Waals surface area contributed by atoms with Crippen LogP contribution >= 0.6 is 0 Å². The summed E-state index contributed by atoms with van der Waals surface area (Å²) in [6, 6.07) is 0. The molecule has 0 spiro atoms. The van der Waals surface area contributed by atoms with Crippen LogP contribution in [0.1, 0.15) is 31.5 Å². The molecule has 1 N–H and O–H groups in total. The smallest absolute Gasteiger partial charge is 0.312 e. The lowest BCUT2D eigenvalue weighted by molar-refractivity contribution is -0.136. The Balaban J connectivity index is 2.70. The molecule has 0 bridgehead atoms. The Morgan fingerprint density at radius 1 is 1.58 bits per heavy atom. The van der Waals surface area contributed by atoms with Gasteiger partial charge in [-0.05, 0) is 0 Å². The van der Waals surface area contributed by atoms with Gasteiger partial charge in [0.25, 0.3) is 0 Å². The van der Waals surface area contributed by atoms with Crippen LogP contribution in [0.3, 0.4) is 0 Å². The molecule has 1 rings (SSSR count). The fraction of sp³-hybridized carbons (Fsp3) is 0.571. The zero-order valence-electron chi connectivity index (χ0n) is 6.94. The number of hydrogen-bond acceptors (Lipinski definition) is 4. The van der Waals surface area contributed by atoms with Crippen LogP contribution in [-0.4, -0.2) is 21.3 Å². The van der Waals surface area contributed by atoms with Gasteiger partial charge in [-0.3, -0.25) is 4.79 Å². The summed E-state index contributed by atoms with van der Waals surface area (Å²) >= 11 is 0. The Bertz CT molecular complexity index is 280. The van der Waals surface area contributed by atoms with E-state index in [9.17, 15) is 4.79 Å². The summed E-state index contributed by atoms with van der Waals surface area (Å²) in [5.74, 6) is -0.188. The van der Waals surface area contributed by atoms with Crippen molar-refractivity contribution >= 4 is 5.97 Å². The Hall–Kier alpha value is -1.39. The van der Waals surface area contributed by atoms with E-state index in [0.717, 1.165) is 0 Å². The first-order valence-electron chi connectivity index (χ1n) is 3.63. The summed E-state index contributed by atoms with van der Waals surface area (Å²) in [5.41, 5.74) is 0. The quantitative estimate of drug-likeness (QED) is 0.726. The van der Waals surface area contributed by atoms with E-state index in [2.05, 4.69) is 10.2 Å². The summed E-state index contributed by atoms with van der Waals surface area (Å²) in [7, 11) is 0. The first-order chi connectivity index (χ1) is 5.59.